The van der Waals surface area contributed by atoms with Crippen molar-refractivity contribution < 1.29 is 0 Å². The smallest absolute Gasteiger partial charge is 0.0129 e. The van der Waals surface area contributed by atoms with E-state index in [4.69, 9.17) is 0 Å². The van der Waals surface area contributed by atoms with Gasteiger partial charge in [-0.1, -0.05) is 365 Å². The molecule has 0 radical (unpaired) electrons. The number of rotatable bonds is 0. The molecule has 0 fully saturated rings. The van der Waals surface area contributed by atoms with Crippen LogP contribution in [0.25, 0.3) is 10.8 Å². The lowest BCUT2D eigenvalue weighted by Crippen LogP contribution is -2.21. The van der Waals surface area contributed by atoms with Crippen molar-refractivity contribution in [1.29, 1.82) is 0 Å². The Morgan fingerprint density at radius 2 is 0.430 bits per heavy atom. The Hall–Kier alpha value is -4.42. The lowest BCUT2D eigenvalue weighted by Gasteiger charge is -2.29. The summed E-state index contributed by atoms with van der Waals surface area (Å²) in [5.41, 5.74) is 18.1. The first-order valence-electron chi connectivity index (χ1n) is 28.4. The lowest BCUT2D eigenvalue weighted by molar-refractivity contribution is 0.530. The molecule has 6 aromatic carbocycles. The first kappa shape index (κ1) is 78.8. The second kappa shape index (κ2) is 29.0. The molecule has 0 aromatic heterocycles. The van der Waals surface area contributed by atoms with Gasteiger partial charge in [-0.05, 0) is 133 Å². The van der Waals surface area contributed by atoms with Crippen LogP contribution >= 0.6 is 0 Å². The Labute approximate surface area is 495 Å². The number of benzene rings is 6. The summed E-state index contributed by atoms with van der Waals surface area (Å²) in [6, 6.07) is 47.3. The molecular weight excluding hydrogens is 949 g/mol. The van der Waals surface area contributed by atoms with Crippen LogP contribution < -0.4 is 0 Å². The number of hydrogen-bond donors (Lipinski definition) is 0. The lowest BCUT2D eigenvalue weighted by atomic mass is 9.75. The quantitative estimate of drug-likeness (QED) is 0.142. The van der Waals surface area contributed by atoms with Crippen molar-refractivity contribution in [2.24, 2.45) is 0 Å². The van der Waals surface area contributed by atoms with E-state index in [9.17, 15) is 0 Å². The van der Waals surface area contributed by atoms with Gasteiger partial charge in [0.25, 0.3) is 0 Å². The summed E-state index contributed by atoms with van der Waals surface area (Å²) in [4.78, 5) is 0. The van der Waals surface area contributed by atoms with E-state index in [-0.39, 0.29) is 83.9 Å². The first-order valence-corrected chi connectivity index (χ1v) is 28.4. The highest BCUT2D eigenvalue weighted by molar-refractivity contribution is 5.84. The molecule has 6 rings (SSSR count). The van der Waals surface area contributed by atoms with Crippen LogP contribution in [0.3, 0.4) is 0 Å². The van der Waals surface area contributed by atoms with E-state index in [1.54, 1.807) is 0 Å². The summed E-state index contributed by atoms with van der Waals surface area (Å²) >= 11 is 0. The predicted molar refractivity (Wildman–Crippen MR) is 368 cm³/mol. The molecule has 6 aromatic rings. The average molecular weight is 1080 g/mol. The molecular formula is C79H130. The Balaban J connectivity index is -0.000000906. The Bertz CT molecular complexity index is 2550. The molecule has 446 valence electrons. The van der Waals surface area contributed by atoms with E-state index in [1.807, 2.05) is 0 Å². The Kier molecular flexibility index (Phi) is 28.9. The zero-order chi connectivity index (χ0) is 58.4. The maximum atomic E-state index is 2.34. The molecule has 0 heterocycles. The third kappa shape index (κ3) is 25.5. The van der Waals surface area contributed by atoms with Gasteiger partial charge in [0.2, 0.25) is 0 Å². The van der Waals surface area contributed by atoms with Gasteiger partial charge in [0, 0.05) is 0 Å². The van der Waals surface area contributed by atoms with Crippen molar-refractivity contribution in [3.05, 3.63) is 189 Å². The number of aryl methyl sites for hydroxylation is 1. The summed E-state index contributed by atoms with van der Waals surface area (Å²) in [5, 5.41) is 2.69. The maximum absolute atomic E-state index is 2.34. The van der Waals surface area contributed by atoms with E-state index in [0.717, 1.165) is 0 Å². The Morgan fingerprint density at radius 1 is 0.190 bits per heavy atom. The van der Waals surface area contributed by atoms with Crippen LogP contribution in [0.4, 0.5) is 0 Å². The highest BCUT2D eigenvalue weighted by Gasteiger charge is 2.25. The van der Waals surface area contributed by atoms with Gasteiger partial charge in [0.05, 0.1) is 0 Å². The zero-order valence-electron chi connectivity index (χ0n) is 54.6. The maximum Gasteiger partial charge on any atom is -0.0129 e. The summed E-state index contributed by atoms with van der Waals surface area (Å²) in [7, 11) is 0. The number of fused-ring (bicyclic) bond motifs is 1. The van der Waals surface area contributed by atoms with Crippen LogP contribution in [-0.2, 0) is 54.1 Å². The molecule has 0 aliphatic rings. The van der Waals surface area contributed by atoms with Crippen molar-refractivity contribution in [1.82, 2.24) is 0 Å². The van der Waals surface area contributed by atoms with E-state index < -0.39 is 0 Å². The average Bonchev–Trinajstić information content (AvgIpc) is 3.24. The van der Waals surface area contributed by atoms with Gasteiger partial charge in [0.15, 0.2) is 0 Å². The Morgan fingerprint density at radius 3 is 0.684 bits per heavy atom. The monoisotopic (exact) mass is 1080 g/mol. The van der Waals surface area contributed by atoms with Crippen molar-refractivity contribution in [3.63, 3.8) is 0 Å². The summed E-state index contributed by atoms with van der Waals surface area (Å²) in [5.74, 6) is 0. The standard InChI is InChI=1S/C18H24.C15H24.3C14H22.4CH4/c1-17(2,3)15-9-7-13-8-10-16(18(4,5)6)12-14(13)11-15;1-11-10-12(14(2,3)4)8-9-13(11)15(5,6)7;1-13(2,3)11-7-9-12(10-8-11)14(4,5)6;1-13(2,3)11-8-7-9-12(10-11)14(4,5)6;1-13(2,3)11-9-7-8-10-12(11)14(4,5)6;;;;/h7-12H,1-6H3;8-10H,1-7H3;3*7-10H,1-6H3;4*1H4. The molecule has 0 saturated heterocycles. The van der Waals surface area contributed by atoms with Crippen LogP contribution in [0.2, 0.25) is 0 Å². The van der Waals surface area contributed by atoms with Crippen LogP contribution in [0.15, 0.2) is 127 Å². The second-order valence-electron chi connectivity index (χ2n) is 32.0. The van der Waals surface area contributed by atoms with E-state index in [1.165, 1.54) is 72.0 Å². The van der Waals surface area contributed by atoms with Crippen LogP contribution in [0.5, 0.6) is 0 Å². The van der Waals surface area contributed by atoms with Crippen molar-refractivity contribution in [3.8, 4) is 0 Å². The largest absolute Gasteiger partial charge is 0.0776 e. The summed E-state index contributed by atoms with van der Waals surface area (Å²) < 4.78 is 0. The molecule has 0 amide bonds. The molecule has 79 heavy (non-hydrogen) atoms. The molecule has 0 heteroatoms. The zero-order valence-corrected chi connectivity index (χ0v) is 54.6. The normalized spacial score (nSPS) is 12.3. The molecule has 0 aliphatic carbocycles. The third-order valence-electron chi connectivity index (χ3n) is 14.2. The van der Waals surface area contributed by atoms with Gasteiger partial charge in [0.1, 0.15) is 0 Å². The molecule has 0 bridgehead atoms. The van der Waals surface area contributed by atoms with Gasteiger partial charge in [-0.25, -0.2) is 0 Å². The predicted octanol–water partition coefficient (Wildman–Crippen LogP) is 25.4. The molecule has 0 saturated carbocycles. The summed E-state index contributed by atoms with van der Waals surface area (Å²) in [6.07, 6.45) is 0. The molecule has 0 unspecified atom stereocenters. The van der Waals surface area contributed by atoms with Crippen LogP contribution in [-0.4, -0.2) is 0 Å². The van der Waals surface area contributed by atoms with Gasteiger partial charge in [-0.3, -0.25) is 0 Å². The fourth-order valence-electron chi connectivity index (χ4n) is 8.87. The highest BCUT2D eigenvalue weighted by Crippen LogP contribution is 2.35. The fourth-order valence-corrected chi connectivity index (χ4v) is 8.87. The van der Waals surface area contributed by atoms with Crippen molar-refractivity contribution in [2.75, 3.05) is 0 Å². The van der Waals surface area contributed by atoms with Gasteiger partial charge in [-0.15, -0.1) is 0 Å². The molecule has 0 atom stereocenters. The number of hydrogen-bond acceptors (Lipinski definition) is 0. The van der Waals surface area contributed by atoms with E-state index >= 15 is 0 Å². The summed E-state index contributed by atoms with van der Waals surface area (Å²) in [6.45, 7) is 70.1. The minimum Gasteiger partial charge on any atom is -0.0776 e. The molecule has 0 aliphatic heterocycles. The van der Waals surface area contributed by atoms with Gasteiger partial charge < -0.3 is 0 Å². The topological polar surface area (TPSA) is 0 Å². The SMILES string of the molecule is C.C.C.C.CC(C)(C)c1ccc(C(C)(C)C)cc1.CC(C)(C)c1ccc2ccc(C(C)(C)C)cc2c1.CC(C)(C)c1cccc(C(C)(C)C)c1.CC(C)(C)c1ccccc1C(C)(C)C.Cc1cc(C(C)(C)C)ccc1C(C)(C)C. The van der Waals surface area contributed by atoms with E-state index in [2.05, 4.69) is 342 Å². The molecule has 0 spiro atoms. The molecule has 0 N–H and O–H groups in total. The van der Waals surface area contributed by atoms with Gasteiger partial charge in [-0.2, -0.15) is 0 Å². The van der Waals surface area contributed by atoms with E-state index in [0.29, 0.717) is 0 Å². The van der Waals surface area contributed by atoms with Gasteiger partial charge >= 0.3 is 0 Å². The van der Waals surface area contributed by atoms with Crippen molar-refractivity contribution >= 4 is 10.8 Å². The highest BCUT2D eigenvalue weighted by atomic mass is 14.3. The first-order chi connectivity index (χ1) is 33.4. The van der Waals surface area contributed by atoms with Crippen molar-refractivity contribution in [2.45, 2.75) is 298 Å². The minimum atomic E-state index is 0. The minimum absolute atomic E-state index is 0. The second-order valence-corrected chi connectivity index (χ2v) is 32.0. The van der Waals surface area contributed by atoms with Crippen LogP contribution in [0.1, 0.15) is 299 Å². The molecule has 0 nitrogen and oxygen atoms in total. The third-order valence-corrected chi connectivity index (χ3v) is 14.2. The van der Waals surface area contributed by atoms with Crippen LogP contribution in [0, 0.1) is 6.92 Å². The fraction of sp³-hybridized carbons (Fsp3) is 0.570.